The molecule has 0 aromatic heterocycles. The molecule has 0 aliphatic carbocycles. The summed E-state index contributed by atoms with van der Waals surface area (Å²) in [6.07, 6.45) is 94.6. The van der Waals surface area contributed by atoms with Gasteiger partial charge in [-0.15, -0.1) is 0 Å². The van der Waals surface area contributed by atoms with E-state index in [1.54, 1.807) is 0 Å². The van der Waals surface area contributed by atoms with E-state index in [9.17, 15) is 19.0 Å². The van der Waals surface area contributed by atoms with Gasteiger partial charge >= 0.3 is 13.8 Å². The maximum absolute atomic E-state index is 13.7. The van der Waals surface area contributed by atoms with Gasteiger partial charge in [-0.2, -0.15) is 0 Å². The molecule has 0 rings (SSSR count). The number of rotatable bonds is 71. The lowest BCUT2D eigenvalue weighted by molar-refractivity contribution is -0.870. The molecule has 0 aromatic carbocycles. The molecular formula is C81H150N2O7P+. The van der Waals surface area contributed by atoms with Crippen molar-refractivity contribution >= 4 is 19.7 Å². The van der Waals surface area contributed by atoms with Gasteiger partial charge in [0.2, 0.25) is 5.91 Å². The maximum Gasteiger partial charge on any atom is 0.472 e. The van der Waals surface area contributed by atoms with Gasteiger partial charge in [0, 0.05) is 12.8 Å². The minimum Gasteiger partial charge on any atom is -0.456 e. The number of hydrogen-bond donors (Lipinski definition) is 2. The number of unbranched alkanes of at least 4 members (excludes halogenated alkanes) is 43. The zero-order valence-corrected chi connectivity index (χ0v) is 61.7. The van der Waals surface area contributed by atoms with E-state index in [0.717, 1.165) is 96.3 Å². The second-order valence-corrected chi connectivity index (χ2v) is 29.0. The molecule has 0 fully saturated rings. The molecule has 0 aromatic rings. The number of nitrogens with one attached hydrogen (secondary N) is 1. The average molecular weight is 1300 g/mol. The number of quaternary nitrogens is 1. The molecule has 0 saturated heterocycles. The Morgan fingerprint density at radius 1 is 0.385 bits per heavy atom. The Balaban J connectivity index is 5.00. The number of phosphoric acid groups is 1. The van der Waals surface area contributed by atoms with E-state index < -0.39 is 20.0 Å². The van der Waals surface area contributed by atoms with Crippen molar-refractivity contribution in [2.24, 2.45) is 0 Å². The highest BCUT2D eigenvalue weighted by atomic mass is 31.2. The molecule has 530 valence electrons. The molecule has 0 heterocycles. The van der Waals surface area contributed by atoms with Crippen molar-refractivity contribution in [2.75, 3.05) is 40.9 Å². The van der Waals surface area contributed by atoms with E-state index >= 15 is 0 Å². The highest BCUT2D eigenvalue weighted by Gasteiger charge is 2.30. The average Bonchev–Trinajstić information content (AvgIpc) is 3.73. The SMILES string of the molecule is CCCCC/C=C\C/C=C\C/C=C\C/C=C\CCCCCCCCCCCC(=O)NC(COP(=O)(O)OCC[N+](C)(C)C)C(/C=C/CCCCCCCCCCCCC)OC(=O)CCCCCCCCCCCCCCCCCCC/C=C\C/C=C\CCCCC. The van der Waals surface area contributed by atoms with E-state index in [0.29, 0.717) is 23.9 Å². The number of allylic oxidation sites excluding steroid dienone is 13. The van der Waals surface area contributed by atoms with E-state index in [4.69, 9.17) is 13.8 Å². The summed E-state index contributed by atoms with van der Waals surface area (Å²) in [6.45, 7) is 7.00. The molecule has 9 nitrogen and oxygen atoms in total. The van der Waals surface area contributed by atoms with Crippen LogP contribution in [0.1, 0.15) is 367 Å². The third-order valence-corrected chi connectivity index (χ3v) is 18.3. The molecule has 2 N–H and O–H groups in total. The van der Waals surface area contributed by atoms with Gasteiger partial charge in [-0.05, 0) is 109 Å². The van der Waals surface area contributed by atoms with Crippen molar-refractivity contribution < 1.29 is 37.3 Å². The van der Waals surface area contributed by atoms with Gasteiger partial charge in [0.05, 0.1) is 33.8 Å². The highest BCUT2D eigenvalue weighted by molar-refractivity contribution is 7.47. The van der Waals surface area contributed by atoms with Crippen LogP contribution < -0.4 is 5.32 Å². The van der Waals surface area contributed by atoms with E-state index in [1.807, 2.05) is 33.3 Å². The zero-order chi connectivity index (χ0) is 66.3. The van der Waals surface area contributed by atoms with Gasteiger partial charge in [0.25, 0.3) is 0 Å². The van der Waals surface area contributed by atoms with Crippen molar-refractivity contribution in [2.45, 2.75) is 380 Å². The second kappa shape index (κ2) is 70.0. The van der Waals surface area contributed by atoms with Gasteiger partial charge in [-0.25, -0.2) is 4.57 Å². The summed E-state index contributed by atoms with van der Waals surface area (Å²) in [4.78, 5) is 38.0. The van der Waals surface area contributed by atoms with Crippen molar-refractivity contribution in [3.05, 3.63) is 85.1 Å². The number of esters is 1. The summed E-state index contributed by atoms with van der Waals surface area (Å²) in [6, 6.07) is -0.856. The minimum absolute atomic E-state index is 0.0376. The van der Waals surface area contributed by atoms with Crippen molar-refractivity contribution in [3.8, 4) is 0 Å². The number of phosphoric ester groups is 1. The Kier molecular flexibility index (Phi) is 67.8. The Hall–Kier alpha value is -2.81. The quantitative estimate of drug-likeness (QED) is 0.0205. The van der Waals surface area contributed by atoms with Crippen LogP contribution in [0.5, 0.6) is 0 Å². The summed E-state index contributed by atoms with van der Waals surface area (Å²) in [7, 11) is 1.50. The van der Waals surface area contributed by atoms with Crippen molar-refractivity contribution in [1.82, 2.24) is 5.32 Å². The molecule has 0 spiro atoms. The first kappa shape index (κ1) is 88.2. The Bertz CT molecular complexity index is 1830. The number of ether oxygens (including phenoxy) is 1. The van der Waals surface area contributed by atoms with Crippen LogP contribution in [0, 0.1) is 0 Å². The molecule has 0 aliphatic rings. The fourth-order valence-corrected chi connectivity index (χ4v) is 12.0. The van der Waals surface area contributed by atoms with Gasteiger partial charge < -0.3 is 19.4 Å². The lowest BCUT2D eigenvalue weighted by Gasteiger charge is -2.27. The molecule has 0 aliphatic heterocycles. The number of nitrogens with zero attached hydrogens (tertiary/aromatic N) is 1. The van der Waals surface area contributed by atoms with E-state index in [1.165, 1.54) is 238 Å². The second-order valence-electron chi connectivity index (χ2n) is 27.5. The summed E-state index contributed by atoms with van der Waals surface area (Å²) < 4.78 is 30.9. The summed E-state index contributed by atoms with van der Waals surface area (Å²) in [5.74, 6) is -0.499. The van der Waals surface area contributed by atoms with Crippen LogP contribution in [0.2, 0.25) is 0 Å². The summed E-state index contributed by atoms with van der Waals surface area (Å²) in [5, 5.41) is 3.08. The minimum atomic E-state index is -4.46. The lowest BCUT2D eigenvalue weighted by Crippen LogP contribution is -2.47. The van der Waals surface area contributed by atoms with E-state index in [-0.39, 0.29) is 25.1 Å². The van der Waals surface area contributed by atoms with Crippen LogP contribution in [-0.4, -0.2) is 74.3 Å². The van der Waals surface area contributed by atoms with Gasteiger partial charge in [-0.3, -0.25) is 18.6 Å². The Morgan fingerprint density at radius 2 is 0.670 bits per heavy atom. The lowest BCUT2D eigenvalue weighted by atomic mass is 10.0. The third kappa shape index (κ3) is 71.3. The Morgan fingerprint density at radius 3 is 1.02 bits per heavy atom. The van der Waals surface area contributed by atoms with Crippen LogP contribution in [0.3, 0.4) is 0 Å². The molecule has 1 amide bonds. The maximum atomic E-state index is 13.7. The summed E-state index contributed by atoms with van der Waals surface area (Å²) >= 11 is 0. The van der Waals surface area contributed by atoms with Gasteiger partial charge in [-0.1, -0.05) is 331 Å². The third-order valence-electron chi connectivity index (χ3n) is 17.3. The Labute approximate surface area is 565 Å². The number of carbonyl (C=O) groups excluding carboxylic acids is 2. The predicted octanol–water partition coefficient (Wildman–Crippen LogP) is 25.2. The molecule has 91 heavy (non-hydrogen) atoms. The normalized spacial score (nSPS) is 13.9. The molecule has 3 atom stereocenters. The first-order valence-electron chi connectivity index (χ1n) is 38.9. The first-order chi connectivity index (χ1) is 44.4. The monoisotopic (exact) mass is 1290 g/mol. The molecule has 10 heteroatoms. The fourth-order valence-electron chi connectivity index (χ4n) is 11.3. The molecule has 3 unspecified atom stereocenters. The van der Waals surface area contributed by atoms with Crippen LogP contribution in [0.25, 0.3) is 0 Å². The van der Waals surface area contributed by atoms with Crippen LogP contribution in [-0.2, 0) is 27.9 Å². The molecular weight excluding hydrogens is 1140 g/mol. The fraction of sp³-hybridized carbons (Fsp3) is 0.802. The number of hydrogen-bond acceptors (Lipinski definition) is 6. The number of carbonyl (C=O) groups is 2. The zero-order valence-electron chi connectivity index (χ0n) is 60.8. The predicted molar refractivity (Wildman–Crippen MR) is 397 cm³/mol. The van der Waals surface area contributed by atoms with Gasteiger partial charge in [0.15, 0.2) is 0 Å². The van der Waals surface area contributed by atoms with Crippen LogP contribution in [0.4, 0.5) is 0 Å². The van der Waals surface area contributed by atoms with E-state index in [2.05, 4.69) is 99.0 Å². The topological polar surface area (TPSA) is 111 Å². The van der Waals surface area contributed by atoms with Crippen molar-refractivity contribution in [3.63, 3.8) is 0 Å². The largest absolute Gasteiger partial charge is 0.472 e. The standard InChI is InChI=1S/C81H149N2O7P/c1-7-10-13-16-19-22-25-28-30-32-34-36-38-40-41-43-45-47-49-51-53-56-59-62-65-68-71-74-81(85)90-79(72-69-66-63-60-57-54-27-24-21-18-15-12-9-3)78(77-89-91(86,87)88-76-75-83(4,5)6)82-80(84)73-70-67-64-61-58-55-52-50-48-46-44-42-39-37-35-33-31-29-26-23-20-17-14-11-8-2/h19-20,22-23,28-31,35,37,42,44,69,72,78-79H,7-18,21,24-27,32-34,36,38-41,43,45-68,70-71,73-77H2,1-6H3,(H-,82,84,86,87)/p+1/b22-19-,23-20-,30-28-,31-29-,37-35-,44-42-,72-69+. The van der Waals surface area contributed by atoms with Gasteiger partial charge in [0.1, 0.15) is 19.3 Å². The molecule has 0 bridgehead atoms. The van der Waals surface area contributed by atoms with Crippen LogP contribution in [0.15, 0.2) is 85.1 Å². The molecule has 0 radical (unpaired) electrons. The van der Waals surface area contributed by atoms with Crippen LogP contribution >= 0.6 is 7.82 Å². The highest BCUT2D eigenvalue weighted by Crippen LogP contribution is 2.43. The number of likely N-dealkylation sites (N-methyl/N-ethyl adjacent to an activating group) is 1. The molecule has 0 saturated carbocycles. The summed E-state index contributed by atoms with van der Waals surface area (Å²) in [5.41, 5.74) is 0. The van der Waals surface area contributed by atoms with Crippen molar-refractivity contribution in [1.29, 1.82) is 0 Å². The first-order valence-corrected chi connectivity index (χ1v) is 40.4. The number of amides is 1. The smallest absolute Gasteiger partial charge is 0.456 e.